The normalized spacial score (nSPS) is 19.9. The number of carbonyl (C=O) groups is 2. The van der Waals surface area contributed by atoms with Gasteiger partial charge in [0.05, 0.1) is 5.56 Å². The van der Waals surface area contributed by atoms with Gasteiger partial charge in [-0.05, 0) is 37.0 Å². The van der Waals surface area contributed by atoms with E-state index in [0.29, 0.717) is 29.6 Å². The van der Waals surface area contributed by atoms with Crippen LogP contribution in [-0.4, -0.2) is 46.9 Å². The Morgan fingerprint density at radius 2 is 1.97 bits per heavy atom. The van der Waals surface area contributed by atoms with Crippen molar-refractivity contribution in [2.75, 3.05) is 18.5 Å². The summed E-state index contributed by atoms with van der Waals surface area (Å²) in [6.45, 7) is 2.65. The Morgan fingerprint density at radius 1 is 1.21 bits per heavy atom. The number of nitrogens with zero attached hydrogens (tertiary/aromatic N) is 4. The number of aryl methyl sites for hydroxylation is 1. The number of amides is 2. The van der Waals surface area contributed by atoms with Gasteiger partial charge in [0.15, 0.2) is 6.23 Å². The standard InChI is InChI=1S/C21H26N4O3S/c1-3-5-14-8-10-16(11-9-14)19(26)28-17-12-13-24(2)21(27)25(17)20-23-22-18(29-20)15-6-4-7-15/h8-11,15,17H,3-7,12-13H2,1-2H3. The summed E-state index contributed by atoms with van der Waals surface area (Å²) < 4.78 is 5.75. The maximum atomic E-state index is 12.8. The fourth-order valence-electron chi connectivity index (χ4n) is 3.58. The second kappa shape index (κ2) is 8.49. The van der Waals surface area contributed by atoms with Gasteiger partial charge >= 0.3 is 12.0 Å². The van der Waals surface area contributed by atoms with E-state index in [2.05, 4.69) is 17.1 Å². The van der Waals surface area contributed by atoms with Gasteiger partial charge in [-0.3, -0.25) is 0 Å². The van der Waals surface area contributed by atoms with Crippen LogP contribution in [0.3, 0.4) is 0 Å². The number of benzene rings is 1. The fourth-order valence-corrected chi connectivity index (χ4v) is 4.63. The van der Waals surface area contributed by atoms with Gasteiger partial charge in [0.1, 0.15) is 5.01 Å². The Hall–Kier alpha value is -2.48. The summed E-state index contributed by atoms with van der Waals surface area (Å²) in [6.07, 6.45) is 5.34. The first-order valence-electron chi connectivity index (χ1n) is 10.2. The van der Waals surface area contributed by atoms with Crippen LogP contribution in [0, 0.1) is 0 Å². The van der Waals surface area contributed by atoms with E-state index in [1.165, 1.54) is 28.2 Å². The van der Waals surface area contributed by atoms with Crippen LogP contribution >= 0.6 is 11.3 Å². The van der Waals surface area contributed by atoms with Gasteiger partial charge in [-0.2, -0.15) is 0 Å². The second-order valence-electron chi connectivity index (χ2n) is 7.72. The first kappa shape index (κ1) is 19.8. The molecule has 2 aromatic rings. The average molecular weight is 415 g/mol. The molecule has 2 fully saturated rings. The maximum Gasteiger partial charge on any atom is 0.340 e. The number of esters is 1. The molecule has 0 spiro atoms. The zero-order chi connectivity index (χ0) is 20.4. The summed E-state index contributed by atoms with van der Waals surface area (Å²) in [7, 11) is 1.74. The number of rotatable bonds is 6. The van der Waals surface area contributed by atoms with Crippen LogP contribution in [0.15, 0.2) is 24.3 Å². The SMILES string of the molecule is CCCc1ccc(C(=O)OC2CCN(C)C(=O)N2c2nnc(C3CCC3)s2)cc1. The van der Waals surface area contributed by atoms with Crippen molar-refractivity contribution in [2.24, 2.45) is 0 Å². The fraction of sp³-hybridized carbons (Fsp3) is 0.524. The van der Waals surface area contributed by atoms with Crippen molar-refractivity contribution in [3.8, 4) is 0 Å². The number of carbonyl (C=O) groups excluding carboxylic acids is 2. The van der Waals surface area contributed by atoms with Gasteiger partial charge in [-0.1, -0.05) is 43.2 Å². The summed E-state index contributed by atoms with van der Waals surface area (Å²) in [6, 6.07) is 7.26. The third-order valence-electron chi connectivity index (χ3n) is 5.59. The van der Waals surface area contributed by atoms with Crippen LogP contribution in [0.1, 0.15) is 65.9 Å². The molecule has 2 amide bonds. The first-order chi connectivity index (χ1) is 14.1. The molecule has 1 unspecified atom stereocenters. The molecule has 0 N–H and O–H groups in total. The molecular formula is C21H26N4O3S. The van der Waals surface area contributed by atoms with E-state index in [9.17, 15) is 9.59 Å². The third kappa shape index (κ3) is 4.12. The molecular weight excluding hydrogens is 388 g/mol. The number of ether oxygens (including phenoxy) is 1. The number of anilines is 1. The highest BCUT2D eigenvalue weighted by atomic mass is 32.1. The minimum Gasteiger partial charge on any atom is -0.437 e. The molecule has 1 atom stereocenters. The van der Waals surface area contributed by atoms with Gasteiger partial charge in [0.2, 0.25) is 5.13 Å². The van der Waals surface area contributed by atoms with Gasteiger partial charge in [0, 0.05) is 25.9 Å². The highest BCUT2D eigenvalue weighted by Crippen LogP contribution is 2.40. The Kier molecular flexibility index (Phi) is 5.80. The number of hydrogen-bond donors (Lipinski definition) is 0. The second-order valence-corrected chi connectivity index (χ2v) is 8.71. The molecule has 0 bridgehead atoms. The molecule has 1 aliphatic carbocycles. The van der Waals surface area contributed by atoms with E-state index < -0.39 is 12.2 Å². The highest BCUT2D eigenvalue weighted by molar-refractivity contribution is 7.15. The van der Waals surface area contributed by atoms with Crippen molar-refractivity contribution in [2.45, 2.75) is 57.6 Å². The molecule has 154 valence electrons. The molecule has 1 aliphatic heterocycles. The Morgan fingerprint density at radius 3 is 2.62 bits per heavy atom. The molecule has 0 radical (unpaired) electrons. The zero-order valence-corrected chi connectivity index (χ0v) is 17.7. The predicted molar refractivity (Wildman–Crippen MR) is 111 cm³/mol. The van der Waals surface area contributed by atoms with E-state index in [0.717, 1.165) is 30.7 Å². The van der Waals surface area contributed by atoms with Crippen molar-refractivity contribution in [1.82, 2.24) is 15.1 Å². The van der Waals surface area contributed by atoms with Crippen molar-refractivity contribution >= 4 is 28.5 Å². The largest absolute Gasteiger partial charge is 0.437 e. The molecule has 8 heteroatoms. The average Bonchev–Trinajstić information content (AvgIpc) is 3.13. The summed E-state index contributed by atoms with van der Waals surface area (Å²) in [5.41, 5.74) is 1.68. The third-order valence-corrected chi connectivity index (χ3v) is 6.68. The molecule has 4 rings (SSSR count). The van der Waals surface area contributed by atoms with Crippen LogP contribution in [0.5, 0.6) is 0 Å². The minimum atomic E-state index is -0.677. The molecule has 2 heterocycles. The lowest BCUT2D eigenvalue weighted by atomic mass is 9.86. The number of aromatic nitrogens is 2. The summed E-state index contributed by atoms with van der Waals surface area (Å²) >= 11 is 1.43. The van der Waals surface area contributed by atoms with E-state index >= 15 is 0 Å². The van der Waals surface area contributed by atoms with E-state index in [1.54, 1.807) is 24.1 Å². The van der Waals surface area contributed by atoms with Crippen LogP contribution < -0.4 is 4.90 Å². The quantitative estimate of drug-likeness (QED) is 0.662. The van der Waals surface area contributed by atoms with E-state index in [4.69, 9.17) is 4.74 Å². The van der Waals surface area contributed by atoms with Crippen LogP contribution in [0.25, 0.3) is 0 Å². The number of urea groups is 1. The van der Waals surface area contributed by atoms with Crippen LogP contribution in [0.4, 0.5) is 9.93 Å². The smallest absolute Gasteiger partial charge is 0.340 e. The van der Waals surface area contributed by atoms with Gasteiger partial charge < -0.3 is 9.64 Å². The highest BCUT2D eigenvalue weighted by Gasteiger charge is 2.38. The summed E-state index contributed by atoms with van der Waals surface area (Å²) in [4.78, 5) is 28.6. The Labute approximate surface area is 174 Å². The monoisotopic (exact) mass is 414 g/mol. The maximum absolute atomic E-state index is 12.8. The minimum absolute atomic E-state index is 0.219. The zero-order valence-electron chi connectivity index (χ0n) is 16.8. The topological polar surface area (TPSA) is 75.6 Å². The van der Waals surface area contributed by atoms with E-state index in [1.807, 2.05) is 12.1 Å². The molecule has 2 aliphatic rings. The first-order valence-corrected chi connectivity index (χ1v) is 11.1. The van der Waals surface area contributed by atoms with Gasteiger partial charge in [-0.15, -0.1) is 10.2 Å². The molecule has 1 aromatic heterocycles. The Balaban J connectivity index is 1.51. The van der Waals surface area contributed by atoms with Gasteiger partial charge in [0.25, 0.3) is 0 Å². The number of hydrogen-bond acceptors (Lipinski definition) is 6. The molecule has 1 saturated carbocycles. The van der Waals surface area contributed by atoms with Crippen molar-refractivity contribution in [3.05, 3.63) is 40.4 Å². The lowest BCUT2D eigenvalue weighted by Crippen LogP contribution is -2.54. The lowest BCUT2D eigenvalue weighted by molar-refractivity contribution is 0.0229. The lowest BCUT2D eigenvalue weighted by Gasteiger charge is -2.37. The molecule has 1 saturated heterocycles. The van der Waals surface area contributed by atoms with Crippen molar-refractivity contribution < 1.29 is 14.3 Å². The predicted octanol–water partition coefficient (Wildman–Crippen LogP) is 4.20. The van der Waals surface area contributed by atoms with E-state index in [-0.39, 0.29) is 6.03 Å². The van der Waals surface area contributed by atoms with Gasteiger partial charge in [-0.25, -0.2) is 14.5 Å². The molecule has 7 nitrogen and oxygen atoms in total. The van der Waals surface area contributed by atoms with Crippen LogP contribution in [0.2, 0.25) is 0 Å². The summed E-state index contributed by atoms with van der Waals surface area (Å²) in [5.74, 6) is 0.0191. The summed E-state index contributed by atoms with van der Waals surface area (Å²) in [5, 5.41) is 9.99. The Bertz CT molecular complexity index is 878. The van der Waals surface area contributed by atoms with Crippen molar-refractivity contribution in [3.63, 3.8) is 0 Å². The van der Waals surface area contributed by atoms with Crippen LogP contribution in [-0.2, 0) is 11.2 Å². The molecule has 1 aromatic carbocycles. The molecule has 29 heavy (non-hydrogen) atoms. The van der Waals surface area contributed by atoms with Crippen molar-refractivity contribution in [1.29, 1.82) is 0 Å².